The number of benzene rings is 2. The Balaban J connectivity index is 1.67. The van der Waals surface area contributed by atoms with E-state index in [2.05, 4.69) is 20.2 Å². The summed E-state index contributed by atoms with van der Waals surface area (Å²) in [5.74, 6) is 0.394. The molecule has 0 amide bonds. The molecular weight excluding hydrogens is 333 g/mol. The van der Waals surface area contributed by atoms with Crippen LogP contribution in [0.5, 0.6) is 0 Å². The highest BCUT2D eigenvalue weighted by atomic mass is 19.4. The van der Waals surface area contributed by atoms with E-state index in [1.807, 2.05) is 0 Å². The van der Waals surface area contributed by atoms with E-state index in [4.69, 9.17) is 4.42 Å². The maximum Gasteiger partial charge on any atom is 0.416 e. The van der Waals surface area contributed by atoms with E-state index in [9.17, 15) is 13.2 Å². The van der Waals surface area contributed by atoms with Crippen LogP contribution in [0.1, 0.15) is 5.56 Å². The summed E-state index contributed by atoms with van der Waals surface area (Å²) in [6, 6.07) is 9.85. The van der Waals surface area contributed by atoms with Crippen LogP contribution in [-0.2, 0) is 6.18 Å². The predicted molar refractivity (Wildman–Crippen MR) is 83.3 cm³/mol. The predicted octanol–water partition coefficient (Wildman–Crippen LogP) is 4.37. The number of fused-ring (bicyclic) bond motifs is 1. The minimum atomic E-state index is -4.38. The molecule has 0 atom stereocenters. The first-order chi connectivity index (χ1) is 12.0. The van der Waals surface area contributed by atoms with Gasteiger partial charge < -0.3 is 4.42 Å². The molecule has 0 spiro atoms. The minimum Gasteiger partial charge on any atom is -0.416 e. The van der Waals surface area contributed by atoms with E-state index in [0.717, 1.165) is 17.6 Å². The molecule has 0 N–H and O–H groups in total. The van der Waals surface area contributed by atoms with Gasteiger partial charge in [0.2, 0.25) is 11.8 Å². The molecule has 0 aliphatic heterocycles. The quantitative estimate of drug-likeness (QED) is 0.541. The highest BCUT2D eigenvalue weighted by molar-refractivity contribution is 5.79. The molecule has 0 aliphatic carbocycles. The van der Waals surface area contributed by atoms with Crippen molar-refractivity contribution in [3.63, 3.8) is 0 Å². The van der Waals surface area contributed by atoms with Gasteiger partial charge >= 0.3 is 6.18 Å². The van der Waals surface area contributed by atoms with Gasteiger partial charge in [0.05, 0.1) is 16.6 Å². The lowest BCUT2D eigenvalue weighted by Gasteiger charge is -2.05. The Kier molecular flexibility index (Phi) is 3.45. The second-order valence-corrected chi connectivity index (χ2v) is 5.25. The Morgan fingerprint density at radius 1 is 0.720 bits per heavy atom. The summed E-state index contributed by atoms with van der Waals surface area (Å²) < 4.78 is 43.4. The number of aromatic nitrogens is 4. The lowest BCUT2D eigenvalue weighted by molar-refractivity contribution is -0.137. The van der Waals surface area contributed by atoms with Gasteiger partial charge in [0, 0.05) is 23.5 Å². The van der Waals surface area contributed by atoms with Gasteiger partial charge in [0.1, 0.15) is 0 Å². The van der Waals surface area contributed by atoms with Gasteiger partial charge in [0.25, 0.3) is 0 Å². The van der Waals surface area contributed by atoms with Gasteiger partial charge in [-0.15, -0.1) is 10.2 Å². The Morgan fingerprint density at radius 2 is 1.32 bits per heavy atom. The van der Waals surface area contributed by atoms with Crippen LogP contribution in [0.25, 0.3) is 33.9 Å². The Labute approximate surface area is 139 Å². The van der Waals surface area contributed by atoms with Gasteiger partial charge in [-0.2, -0.15) is 13.2 Å². The van der Waals surface area contributed by atoms with Crippen LogP contribution in [0.2, 0.25) is 0 Å². The highest BCUT2D eigenvalue weighted by Gasteiger charge is 2.30. The molecule has 0 saturated heterocycles. The van der Waals surface area contributed by atoms with Crippen LogP contribution in [0, 0.1) is 0 Å². The lowest BCUT2D eigenvalue weighted by atomic mass is 10.1. The Bertz CT molecular complexity index is 1040. The summed E-state index contributed by atoms with van der Waals surface area (Å²) in [7, 11) is 0. The van der Waals surface area contributed by atoms with Crippen LogP contribution in [0.3, 0.4) is 0 Å². The summed E-state index contributed by atoms with van der Waals surface area (Å²) in [5.41, 5.74) is 1.73. The van der Waals surface area contributed by atoms with Crippen LogP contribution in [0.15, 0.2) is 59.3 Å². The van der Waals surface area contributed by atoms with Gasteiger partial charge in [-0.25, -0.2) is 0 Å². The molecule has 0 bridgehead atoms. The second kappa shape index (κ2) is 5.66. The monoisotopic (exact) mass is 342 g/mol. The molecule has 0 unspecified atom stereocenters. The fourth-order valence-corrected chi connectivity index (χ4v) is 2.35. The van der Waals surface area contributed by atoms with Crippen molar-refractivity contribution >= 4 is 11.0 Å². The zero-order valence-corrected chi connectivity index (χ0v) is 12.5. The summed E-state index contributed by atoms with van der Waals surface area (Å²) in [6.07, 6.45) is -1.21. The molecule has 0 saturated carbocycles. The molecule has 2 aromatic heterocycles. The van der Waals surface area contributed by atoms with Crippen LogP contribution >= 0.6 is 0 Å². The van der Waals surface area contributed by atoms with Crippen molar-refractivity contribution < 1.29 is 17.6 Å². The molecule has 0 radical (unpaired) electrons. The lowest BCUT2D eigenvalue weighted by Crippen LogP contribution is -2.03. The highest BCUT2D eigenvalue weighted by Crippen LogP contribution is 2.31. The maximum absolute atomic E-state index is 12.6. The number of rotatable bonds is 2. The van der Waals surface area contributed by atoms with E-state index in [0.29, 0.717) is 16.6 Å². The van der Waals surface area contributed by atoms with Crippen molar-refractivity contribution in [3.05, 3.63) is 60.4 Å². The largest absolute Gasteiger partial charge is 0.416 e. The standard InChI is InChI=1S/C17H9F3N4O/c18-17(19,20)12-4-1-10(2-5-12)15-23-24-16(25-15)11-3-6-13-14(9-11)22-8-7-21-13/h1-9H. The first kappa shape index (κ1) is 15.3. The molecule has 0 aliphatic rings. The Hall–Kier alpha value is -3.29. The van der Waals surface area contributed by atoms with Crippen molar-refractivity contribution in [2.75, 3.05) is 0 Å². The van der Waals surface area contributed by atoms with Crippen molar-refractivity contribution in [2.24, 2.45) is 0 Å². The molecular formula is C17H9F3N4O. The topological polar surface area (TPSA) is 64.7 Å². The molecule has 4 rings (SSSR count). The van der Waals surface area contributed by atoms with Gasteiger partial charge in [-0.05, 0) is 42.5 Å². The van der Waals surface area contributed by atoms with Crippen LogP contribution in [-0.4, -0.2) is 20.2 Å². The fraction of sp³-hybridized carbons (Fsp3) is 0.0588. The van der Waals surface area contributed by atoms with E-state index < -0.39 is 11.7 Å². The van der Waals surface area contributed by atoms with Crippen molar-refractivity contribution in [3.8, 4) is 22.9 Å². The zero-order chi connectivity index (χ0) is 17.4. The normalized spacial score (nSPS) is 11.8. The third-order valence-electron chi connectivity index (χ3n) is 3.60. The average molecular weight is 342 g/mol. The van der Waals surface area contributed by atoms with E-state index >= 15 is 0 Å². The van der Waals surface area contributed by atoms with Gasteiger partial charge in [0.15, 0.2) is 0 Å². The second-order valence-electron chi connectivity index (χ2n) is 5.25. The summed E-state index contributed by atoms with van der Waals surface area (Å²) in [4.78, 5) is 8.38. The van der Waals surface area contributed by atoms with E-state index in [1.165, 1.54) is 12.1 Å². The van der Waals surface area contributed by atoms with Crippen molar-refractivity contribution in [1.82, 2.24) is 20.2 Å². The molecule has 8 heteroatoms. The van der Waals surface area contributed by atoms with E-state index in [-0.39, 0.29) is 11.8 Å². The molecule has 5 nitrogen and oxygen atoms in total. The first-order valence-corrected chi connectivity index (χ1v) is 7.23. The summed E-state index contributed by atoms with van der Waals surface area (Å²) in [6.45, 7) is 0. The average Bonchev–Trinajstić information content (AvgIpc) is 3.11. The maximum atomic E-state index is 12.6. The van der Waals surface area contributed by atoms with Gasteiger partial charge in [-0.1, -0.05) is 0 Å². The molecule has 124 valence electrons. The molecule has 25 heavy (non-hydrogen) atoms. The molecule has 4 aromatic rings. The summed E-state index contributed by atoms with van der Waals surface area (Å²) >= 11 is 0. The fourth-order valence-electron chi connectivity index (χ4n) is 2.35. The molecule has 0 fully saturated rings. The van der Waals surface area contributed by atoms with Crippen molar-refractivity contribution in [2.45, 2.75) is 6.18 Å². The first-order valence-electron chi connectivity index (χ1n) is 7.23. The Morgan fingerprint density at radius 3 is 2.00 bits per heavy atom. The van der Waals surface area contributed by atoms with Crippen molar-refractivity contribution in [1.29, 1.82) is 0 Å². The van der Waals surface area contributed by atoms with Crippen LogP contribution in [0.4, 0.5) is 13.2 Å². The summed E-state index contributed by atoms with van der Waals surface area (Å²) in [5, 5.41) is 7.85. The third-order valence-corrected chi connectivity index (χ3v) is 3.60. The molecule has 2 heterocycles. The minimum absolute atomic E-state index is 0.142. The van der Waals surface area contributed by atoms with E-state index in [1.54, 1.807) is 30.6 Å². The number of hydrogen-bond acceptors (Lipinski definition) is 5. The zero-order valence-electron chi connectivity index (χ0n) is 12.5. The molecule has 2 aromatic carbocycles. The number of nitrogens with zero attached hydrogens (tertiary/aromatic N) is 4. The van der Waals surface area contributed by atoms with Gasteiger partial charge in [-0.3, -0.25) is 9.97 Å². The van der Waals surface area contributed by atoms with Crippen LogP contribution < -0.4 is 0 Å². The number of halogens is 3. The smallest absolute Gasteiger partial charge is 0.416 e. The SMILES string of the molecule is FC(F)(F)c1ccc(-c2nnc(-c3ccc4nccnc4c3)o2)cc1. The number of alkyl halides is 3. The number of hydrogen-bond donors (Lipinski definition) is 0. The third kappa shape index (κ3) is 2.93.